The second-order valence-electron chi connectivity index (χ2n) is 21.0. The number of rotatable bonds is 13. The molecular weight excluding hydrogens is 906 g/mol. The fraction of sp³-hybridized carbons (Fsp3) is 0.528. The summed E-state index contributed by atoms with van der Waals surface area (Å²) in [4.78, 5) is 62.9. The predicted molar refractivity (Wildman–Crippen MR) is 250 cm³/mol. The van der Waals surface area contributed by atoms with Crippen LogP contribution in [0.2, 0.25) is 0 Å². The molecule has 17 heteroatoms. The van der Waals surface area contributed by atoms with Gasteiger partial charge in [-0.2, -0.15) is 0 Å². The van der Waals surface area contributed by atoms with E-state index in [0.29, 0.717) is 23.3 Å². The summed E-state index contributed by atoms with van der Waals surface area (Å²) in [6, 6.07) is 18.2. The summed E-state index contributed by atoms with van der Waals surface area (Å²) in [7, 11) is 3.76. The maximum atomic E-state index is 15.9. The monoisotopic (exact) mass is 969 g/mol. The highest BCUT2D eigenvalue weighted by Gasteiger charge is 2.76. The molecule has 3 aromatic rings. The van der Waals surface area contributed by atoms with Gasteiger partial charge in [0.25, 0.3) is 0 Å². The minimum atomic E-state index is -2.16. The molecule has 3 heterocycles. The molecule has 70 heavy (non-hydrogen) atoms. The van der Waals surface area contributed by atoms with Crippen molar-refractivity contribution < 1.29 is 66.6 Å². The number of likely N-dealkylation sites (N-methyl/N-ethyl adjacent to an activating group) is 1. The van der Waals surface area contributed by atoms with E-state index in [2.05, 4.69) is 10.3 Å². The van der Waals surface area contributed by atoms with E-state index in [9.17, 15) is 19.5 Å². The number of aliphatic hydroxyl groups is 1. The van der Waals surface area contributed by atoms with E-state index in [4.69, 9.17) is 37.9 Å². The molecule has 0 unspecified atom stereocenters. The Morgan fingerprint density at radius 1 is 0.971 bits per heavy atom. The molecule has 2 bridgehead atoms. The first-order valence-electron chi connectivity index (χ1n) is 23.6. The van der Waals surface area contributed by atoms with Gasteiger partial charge in [0.1, 0.15) is 59.3 Å². The number of ether oxygens (including phenoxy) is 8. The van der Waals surface area contributed by atoms with E-state index in [0.717, 1.165) is 6.07 Å². The SMILES string of the molecule is CC(=O)O[C@@]12CO[C@@H]1C=C[C@@]1(C)[C@@H]3O[C@H](CN(C)C)O[C@@H]3C3=C(C)[C@@H](OC(=O)[C@H](OCc4ccccc4)[C@@H](NC(=O)OC(C)(C)C)c4ncccc4F)C[C@@](O)([C@@H](OC(=O)c4ccccc4)[C@@H]12)C3(C)C. The third-order valence-electron chi connectivity index (χ3n) is 14.4. The number of hydrogen-bond acceptors (Lipinski definition) is 15. The molecule has 0 spiro atoms. The average Bonchev–Trinajstić information content (AvgIpc) is 3.69. The molecular formula is C53H64FN3O13. The van der Waals surface area contributed by atoms with Crippen molar-refractivity contribution in [3.63, 3.8) is 0 Å². The number of carbonyl (C=O) groups is 4. The van der Waals surface area contributed by atoms with Crippen LogP contribution in [0.15, 0.2) is 102 Å². The Hall–Kier alpha value is -5.56. The van der Waals surface area contributed by atoms with Crippen LogP contribution in [0.3, 0.4) is 0 Å². The number of benzene rings is 2. The largest absolute Gasteiger partial charge is 0.456 e. The molecule has 1 saturated carbocycles. The lowest BCUT2D eigenvalue weighted by atomic mass is 9.46. The third-order valence-corrected chi connectivity index (χ3v) is 14.4. The Balaban J connectivity index is 1.30. The molecule has 2 aromatic carbocycles. The number of pyridine rings is 1. The Morgan fingerprint density at radius 3 is 2.27 bits per heavy atom. The summed E-state index contributed by atoms with van der Waals surface area (Å²) in [5, 5.41) is 16.7. The Labute approximate surface area is 407 Å². The Kier molecular flexibility index (Phi) is 14.0. The number of aromatic nitrogens is 1. The van der Waals surface area contributed by atoms with Crippen molar-refractivity contribution >= 4 is 24.0 Å². The zero-order valence-electron chi connectivity index (χ0n) is 41.3. The normalized spacial score (nSPS) is 31.6. The second kappa shape index (κ2) is 19.2. The maximum absolute atomic E-state index is 15.9. The molecule has 2 saturated heterocycles. The zero-order chi connectivity index (χ0) is 50.6. The summed E-state index contributed by atoms with van der Waals surface area (Å²) in [6.45, 7) is 13.6. The predicted octanol–water partition coefficient (Wildman–Crippen LogP) is 6.57. The first-order chi connectivity index (χ1) is 33.0. The van der Waals surface area contributed by atoms with Crippen molar-refractivity contribution in [2.24, 2.45) is 16.7 Å². The van der Waals surface area contributed by atoms with Crippen LogP contribution < -0.4 is 5.32 Å². The second-order valence-corrected chi connectivity index (χ2v) is 21.0. The summed E-state index contributed by atoms with van der Waals surface area (Å²) >= 11 is 0. The van der Waals surface area contributed by atoms with Gasteiger partial charge in [0, 0.05) is 36.9 Å². The smallest absolute Gasteiger partial charge is 0.408 e. The molecule has 2 N–H and O–H groups in total. The lowest BCUT2D eigenvalue weighted by molar-refractivity contribution is -0.316. The van der Waals surface area contributed by atoms with Crippen LogP contribution in [0.5, 0.6) is 0 Å². The number of fused-ring (bicyclic) bond motifs is 8. The molecule has 376 valence electrons. The molecule has 3 fully saturated rings. The van der Waals surface area contributed by atoms with E-state index < -0.39 is 112 Å². The van der Waals surface area contributed by atoms with Crippen molar-refractivity contribution in [2.75, 3.05) is 27.2 Å². The van der Waals surface area contributed by atoms with Crippen molar-refractivity contribution in [3.8, 4) is 0 Å². The summed E-state index contributed by atoms with van der Waals surface area (Å²) in [5.74, 6) is -4.35. The highest BCUT2D eigenvalue weighted by atomic mass is 19.1. The molecule has 16 nitrogen and oxygen atoms in total. The van der Waals surface area contributed by atoms with E-state index in [1.54, 1.807) is 82.3 Å². The number of halogens is 1. The summed E-state index contributed by atoms with van der Waals surface area (Å²) in [5.41, 5.74) is -5.63. The number of nitrogens with one attached hydrogen (secondary N) is 1. The minimum Gasteiger partial charge on any atom is -0.456 e. The van der Waals surface area contributed by atoms with Crippen molar-refractivity contribution in [1.29, 1.82) is 0 Å². The van der Waals surface area contributed by atoms with Crippen LogP contribution in [-0.4, -0.2) is 126 Å². The molecule has 0 radical (unpaired) electrons. The van der Waals surface area contributed by atoms with Gasteiger partial charge in [0.15, 0.2) is 18.0 Å². The van der Waals surface area contributed by atoms with Crippen molar-refractivity contribution in [2.45, 2.75) is 134 Å². The van der Waals surface area contributed by atoms with Gasteiger partial charge >= 0.3 is 24.0 Å². The number of hydrogen-bond donors (Lipinski definition) is 2. The molecule has 3 aliphatic carbocycles. The molecule has 5 aliphatic rings. The summed E-state index contributed by atoms with van der Waals surface area (Å²) in [6.07, 6.45) is -4.31. The first kappa shape index (κ1) is 50.8. The number of nitrogens with zero attached hydrogens (tertiary/aromatic N) is 2. The first-order valence-corrected chi connectivity index (χ1v) is 23.6. The van der Waals surface area contributed by atoms with E-state index in [1.807, 2.05) is 58.0 Å². The van der Waals surface area contributed by atoms with Crippen LogP contribution in [0.1, 0.15) is 89.5 Å². The van der Waals surface area contributed by atoms with Gasteiger partial charge in [-0.1, -0.05) is 81.5 Å². The van der Waals surface area contributed by atoms with Crippen LogP contribution in [0.4, 0.5) is 9.18 Å². The number of carbonyl (C=O) groups excluding carboxylic acids is 4. The lowest BCUT2D eigenvalue weighted by Crippen LogP contribution is -2.78. The van der Waals surface area contributed by atoms with Crippen molar-refractivity contribution in [1.82, 2.24) is 15.2 Å². The van der Waals surface area contributed by atoms with Gasteiger partial charge in [-0.3, -0.25) is 9.78 Å². The fourth-order valence-corrected chi connectivity index (χ4v) is 11.2. The van der Waals surface area contributed by atoms with Gasteiger partial charge in [0.05, 0.1) is 24.7 Å². The molecule has 2 aliphatic heterocycles. The number of esters is 3. The summed E-state index contributed by atoms with van der Waals surface area (Å²) < 4.78 is 67.5. The van der Waals surface area contributed by atoms with Gasteiger partial charge in [-0.25, -0.2) is 18.8 Å². The number of amides is 1. The average molecular weight is 970 g/mol. The number of alkyl carbamates (subject to hydrolysis) is 1. The topological polar surface area (TPSA) is 191 Å². The van der Waals surface area contributed by atoms with Crippen molar-refractivity contribution in [3.05, 3.63) is 125 Å². The zero-order valence-corrected chi connectivity index (χ0v) is 41.3. The van der Waals surface area contributed by atoms with Gasteiger partial charge in [0.2, 0.25) is 0 Å². The van der Waals surface area contributed by atoms with Gasteiger partial charge in [-0.05, 0) is 82.8 Å². The van der Waals surface area contributed by atoms with E-state index in [-0.39, 0.29) is 30.9 Å². The third kappa shape index (κ3) is 9.39. The highest BCUT2D eigenvalue weighted by molar-refractivity contribution is 5.89. The van der Waals surface area contributed by atoms with Gasteiger partial charge in [-0.15, -0.1) is 0 Å². The highest BCUT2D eigenvalue weighted by Crippen LogP contribution is 2.65. The quantitative estimate of drug-likeness (QED) is 0.106. The van der Waals surface area contributed by atoms with Gasteiger partial charge < -0.3 is 53.2 Å². The fourth-order valence-electron chi connectivity index (χ4n) is 11.2. The maximum Gasteiger partial charge on any atom is 0.408 e. The van der Waals surface area contributed by atoms with E-state index >= 15 is 9.18 Å². The Morgan fingerprint density at radius 2 is 1.66 bits per heavy atom. The standard InChI is InChI=1S/C53H64FN3O13/c1-30-35(65-47(60)42(63-28-32-18-13-11-14-19-32)40(39-34(54)22-17-25-55-39)56-48(61)70-49(3,4)5)26-53(62)45(68-46(59)33-20-15-12-16-21-33)43-51(8,24-23-36-52(43,29-64-36)69-31(2)58)44-41(38(30)50(53,6)7)66-37(67-44)27-57(9)10/h11-25,35-37,40-45,62H,26-29H2,1-10H3,(H,56,61)/t35-,36+,37+,40-,41+,42+,43-,44+,45-,51+,52-,53+/m0/s1. The minimum absolute atomic E-state index is 0.103. The van der Waals surface area contributed by atoms with Crippen LogP contribution >= 0.6 is 0 Å². The van der Waals surface area contributed by atoms with E-state index in [1.165, 1.54) is 19.2 Å². The molecule has 8 rings (SSSR count). The van der Waals surface area contributed by atoms with Crippen LogP contribution in [-0.2, 0) is 54.1 Å². The molecule has 1 aromatic heterocycles. The lowest BCUT2D eigenvalue weighted by Gasteiger charge is -2.66. The molecule has 1 amide bonds. The Bertz CT molecular complexity index is 2510. The molecule has 12 atom stereocenters. The van der Waals surface area contributed by atoms with Crippen LogP contribution in [0.25, 0.3) is 0 Å². The van der Waals surface area contributed by atoms with Crippen LogP contribution in [0, 0.1) is 22.6 Å².